The van der Waals surface area contributed by atoms with Crippen molar-refractivity contribution in [1.29, 1.82) is 0 Å². The van der Waals surface area contributed by atoms with Crippen LogP contribution in [0.3, 0.4) is 0 Å². The van der Waals surface area contributed by atoms with Crippen LogP contribution >= 0.6 is 0 Å². The molecule has 1 rings (SSSR count). The van der Waals surface area contributed by atoms with Gasteiger partial charge in [-0.15, -0.1) is 0 Å². The number of halogens is 1. The lowest BCUT2D eigenvalue weighted by Crippen LogP contribution is -2.10. The minimum absolute atomic E-state index is 0.00721. The molecule has 1 atom stereocenters. The van der Waals surface area contributed by atoms with Gasteiger partial charge in [-0.1, -0.05) is 18.8 Å². The Kier molecular flexibility index (Phi) is 4.81. The van der Waals surface area contributed by atoms with Gasteiger partial charge in [0.25, 0.3) is 0 Å². The molecule has 16 heavy (non-hydrogen) atoms. The summed E-state index contributed by atoms with van der Waals surface area (Å²) >= 11 is 0. The third kappa shape index (κ3) is 3.56. The Hall–Kier alpha value is -1.53. The number of ether oxygens (including phenoxy) is 1. The zero-order chi connectivity index (χ0) is 12.0. The number of hydrogen-bond donors (Lipinski definition) is 1. The molecule has 0 fully saturated rings. The molecule has 0 bridgehead atoms. The van der Waals surface area contributed by atoms with Gasteiger partial charge in [-0.2, -0.15) is 0 Å². The highest BCUT2D eigenvalue weighted by molar-refractivity contribution is 5.40. The fourth-order valence-corrected chi connectivity index (χ4v) is 1.12. The van der Waals surface area contributed by atoms with Crippen molar-refractivity contribution in [3.63, 3.8) is 0 Å². The van der Waals surface area contributed by atoms with Crippen LogP contribution in [-0.4, -0.2) is 12.6 Å². The monoisotopic (exact) mass is 221 g/mol. The SMILES string of the molecule is CCC(C)Oc1cc(C#CCN)ccc1F. The topological polar surface area (TPSA) is 35.2 Å². The van der Waals surface area contributed by atoms with Crippen LogP contribution in [0.4, 0.5) is 4.39 Å². The van der Waals surface area contributed by atoms with E-state index in [-0.39, 0.29) is 17.7 Å². The standard InChI is InChI=1S/C13H16FNO/c1-3-10(2)16-13-9-11(5-4-8-15)6-7-12(13)14/h6-7,9-10H,3,8,15H2,1-2H3. The number of hydrogen-bond acceptors (Lipinski definition) is 2. The smallest absolute Gasteiger partial charge is 0.165 e. The van der Waals surface area contributed by atoms with Crippen LogP contribution in [0.1, 0.15) is 25.8 Å². The molecule has 0 aliphatic heterocycles. The van der Waals surface area contributed by atoms with Crippen molar-refractivity contribution in [2.45, 2.75) is 26.4 Å². The first-order valence-electron chi connectivity index (χ1n) is 5.32. The van der Waals surface area contributed by atoms with Gasteiger partial charge in [0.1, 0.15) is 0 Å². The average Bonchev–Trinajstić information content (AvgIpc) is 2.30. The van der Waals surface area contributed by atoms with Gasteiger partial charge < -0.3 is 10.5 Å². The summed E-state index contributed by atoms with van der Waals surface area (Å²) < 4.78 is 18.8. The van der Waals surface area contributed by atoms with Gasteiger partial charge in [-0.05, 0) is 31.5 Å². The van der Waals surface area contributed by atoms with Gasteiger partial charge >= 0.3 is 0 Å². The Bertz CT molecular complexity index is 406. The summed E-state index contributed by atoms with van der Waals surface area (Å²) in [7, 11) is 0. The maximum Gasteiger partial charge on any atom is 0.165 e. The van der Waals surface area contributed by atoms with E-state index in [0.717, 1.165) is 6.42 Å². The van der Waals surface area contributed by atoms with E-state index in [1.54, 1.807) is 12.1 Å². The molecule has 2 nitrogen and oxygen atoms in total. The average molecular weight is 221 g/mol. The first-order valence-corrected chi connectivity index (χ1v) is 5.32. The van der Waals surface area contributed by atoms with E-state index in [0.29, 0.717) is 12.1 Å². The molecule has 1 aromatic carbocycles. The molecule has 3 heteroatoms. The quantitative estimate of drug-likeness (QED) is 0.795. The predicted molar refractivity (Wildman–Crippen MR) is 62.7 cm³/mol. The van der Waals surface area contributed by atoms with E-state index in [4.69, 9.17) is 10.5 Å². The second kappa shape index (κ2) is 6.14. The van der Waals surface area contributed by atoms with Crippen LogP contribution in [0, 0.1) is 17.7 Å². The number of rotatable bonds is 3. The van der Waals surface area contributed by atoms with Crippen LogP contribution in [0.15, 0.2) is 18.2 Å². The Morgan fingerprint density at radius 2 is 2.25 bits per heavy atom. The van der Waals surface area contributed by atoms with Gasteiger partial charge in [-0.3, -0.25) is 0 Å². The summed E-state index contributed by atoms with van der Waals surface area (Å²) in [6.45, 7) is 4.18. The molecule has 1 unspecified atom stereocenters. The fourth-order valence-electron chi connectivity index (χ4n) is 1.12. The van der Waals surface area contributed by atoms with Crippen LogP contribution in [0.5, 0.6) is 5.75 Å². The third-order valence-corrected chi connectivity index (χ3v) is 2.17. The summed E-state index contributed by atoms with van der Waals surface area (Å²) in [5.74, 6) is 5.45. The minimum Gasteiger partial charge on any atom is -0.488 e. The molecule has 0 saturated heterocycles. The van der Waals surface area contributed by atoms with Crippen LogP contribution in [0.2, 0.25) is 0 Å². The predicted octanol–water partition coefficient (Wildman–Crippen LogP) is 2.31. The Morgan fingerprint density at radius 1 is 1.50 bits per heavy atom. The molecule has 0 aromatic heterocycles. The lowest BCUT2D eigenvalue weighted by Gasteiger charge is -2.13. The first kappa shape index (κ1) is 12.5. The van der Waals surface area contributed by atoms with E-state index in [1.807, 2.05) is 13.8 Å². The molecule has 86 valence electrons. The zero-order valence-corrected chi connectivity index (χ0v) is 9.59. The van der Waals surface area contributed by atoms with Crippen molar-refractivity contribution in [2.75, 3.05) is 6.54 Å². The first-order chi connectivity index (χ1) is 7.67. The molecule has 0 aliphatic rings. The number of benzene rings is 1. The van der Waals surface area contributed by atoms with E-state index >= 15 is 0 Å². The molecule has 1 aromatic rings. The minimum atomic E-state index is -0.362. The van der Waals surface area contributed by atoms with Crippen LogP contribution < -0.4 is 10.5 Å². The lowest BCUT2D eigenvalue weighted by molar-refractivity contribution is 0.208. The molecule has 0 aliphatic carbocycles. The van der Waals surface area contributed by atoms with Gasteiger partial charge in [0, 0.05) is 5.56 Å². The fraction of sp³-hybridized carbons (Fsp3) is 0.385. The van der Waals surface area contributed by atoms with Crippen molar-refractivity contribution in [1.82, 2.24) is 0 Å². The molecular formula is C13H16FNO. The highest BCUT2D eigenvalue weighted by Crippen LogP contribution is 2.20. The van der Waals surface area contributed by atoms with E-state index < -0.39 is 0 Å². The van der Waals surface area contributed by atoms with E-state index in [9.17, 15) is 4.39 Å². The molecule has 0 spiro atoms. The summed E-state index contributed by atoms with van der Waals surface area (Å²) in [4.78, 5) is 0. The van der Waals surface area contributed by atoms with Crippen molar-refractivity contribution in [3.05, 3.63) is 29.6 Å². The Labute approximate surface area is 95.6 Å². The molecular weight excluding hydrogens is 205 g/mol. The summed E-state index contributed by atoms with van der Waals surface area (Å²) in [6, 6.07) is 4.57. The van der Waals surface area contributed by atoms with Crippen LogP contribution in [-0.2, 0) is 0 Å². The maximum absolute atomic E-state index is 13.4. The highest BCUT2D eigenvalue weighted by Gasteiger charge is 2.07. The van der Waals surface area contributed by atoms with Crippen LogP contribution in [0.25, 0.3) is 0 Å². The second-order valence-corrected chi connectivity index (χ2v) is 3.49. The van der Waals surface area contributed by atoms with Gasteiger partial charge in [0.2, 0.25) is 0 Å². The van der Waals surface area contributed by atoms with Gasteiger partial charge in [0.05, 0.1) is 12.6 Å². The lowest BCUT2D eigenvalue weighted by atomic mass is 10.2. The van der Waals surface area contributed by atoms with Crippen molar-refractivity contribution in [3.8, 4) is 17.6 Å². The Morgan fingerprint density at radius 3 is 2.88 bits per heavy atom. The third-order valence-electron chi connectivity index (χ3n) is 2.17. The second-order valence-electron chi connectivity index (χ2n) is 3.49. The van der Waals surface area contributed by atoms with Gasteiger partial charge in [-0.25, -0.2) is 4.39 Å². The number of nitrogens with two attached hydrogens (primary N) is 1. The molecule has 0 heterocycles. The largest absolute Gasteiger partial charge is 0.488 e. The summed E-state index contributed by atoms with van der Waals surface area (Å²) in [5, 5.41) is 0. The van der Waals surface area contributed by atoms with Crippen molar-refractivity contribution >= 4 is 0 Å². The van der Waals surface area contributed by atoms with E-state index in [1.165, 1.54) is 6.07 Å². The molecule has 0 saturated carbocycles. The normalized spacial score (nSPS) is 11.5. The zero-order valence-electron chi connectivity index (χ0n) is 9.59. The highest BCUT2D eigenvalue weighted by atomic mass is 19.1. The molecule has 2 N–H and O–H groups in total. The van der Waals surface area contributed by atoms with Gasteiger partial charge in [0.15, 0.2) is 11.6 Å². The Balaban J connectivity index is 2.90. The van der Waals surface area contributed by atoms with Crippen molar-refractivity contribution in [2.24, 2.45) is 5.73 Å². The van der Waals surface area contributed by atoms with E-state index in [2.05, 4.69) is 11.8 Å². The maximum atomic E-state index is 13.4. The van der Waals surface area contributed by atoms with Crippen molar-refractivity contribution < 1.29 is 9.13 Å². The summed E-state index contributed by atoms with van der Waals surface area (Å²) in [5.41, 5.74) is 5.98. The molecule has 0 amide bonds. The molecule has 0 radical (unpaired) electrons. The summed E-state index contributed by atoms with van der Waals surface area (Å²) in [6.07, 6.45) is 0.824.